The highest BCUT2D eigenvalue weighted by Gasteiger charge is 2.28. The predicted octanol–water partition coefficient (Wildman–Crippen LogP) is 3.36. The maximum absolute atomic E-state index is 13.3. The quantitative estimate of drug-likeness (QED) is 0.197. The van der Waals surface area contributed by atoms with Gasteiger partial charge in [-0.2, -0.15) is 4.98 Å². The van der Waals surface area contributed by atoms with Gasteiger partial charge < -0.3 is 29.4 Å². The number of methoxy groups -OCH3 is 2. The minimum absolute atomic E-state index is 0.00598. The number of aromatic nitrogens is 6. The van der Waals surface area contributed by atoms with Crippen LogP contribution in [-0.4, -0.2) is 76.5 Å². The maximum Gasteiger partial charge on any atom is 0.350 e. The number of nitrogens with zero attached hydrogens (tertiary/aromatic N) is 6. The molecule has 2 aliphatic rings. The first kappa shape index (κ1) is 30.4. The number of carbonyl (C=O) groups is 3. The smallest absolute Gasteiger partial charge is 0.350 e. The zero-order chi connectivity index (χ0) is 33.4. The first-order valence-electron chi connectivity index (χ1n) is 13.9. The van der Waals surface area contributed by atoms with Gasteiger partial charge >= 0.3 is 23.6 Å². The van der Waals surface area contributed by atoms with Crippen molar-refractivity contribution in [3.05, 3.63) is 105 Å². The summed E-state index contributed by atoms with van der Waals surface area (Å²) < 4.78 is 13.3. The van der Waals surface area contributed by atoms with E-state index < -0.39 is 40.3 Å². The molecule has 3 heterocycles. The van der Waals surface area contributed by atoms with Gasteiger partial charge in [0, 0.05) is 5.56 Å². The summed E-state index contributed by atoms with van der Waals surface area (Å²) in [5.41, 5.74) is -1.02. The first-order chi connectivity index (χ1) is 22.6. The van der Waals surface area contributed by atoms with Crippen molar-refractivity contribution in [3.63, 3.8) is 0 Å². The van der Waals surface area contributed by atoms with Crippen LogP contribution >= 0.6 is 0 Å². The molecule has 6 rings (SSSR count). The molecule has 0 radical (unpaired) electrons. The fourth-order valence-electron chi connectivity index (χ4n) is 5.12. The number of ether oxygens (including phenoxy) is 2. The molecule has 0 unspecified atom stereocenters. The van der Waals surface area contributed by atoms with Crippen molar-refractivity contribution in [2.45, 2.75) is 13.1 Å². The lowest BCUT2D eigenvalue weighted by Gasteiger charge is -2.10. The summed E-state index contributed by atoms with van der Waals surface area (Å²) in [7, 11) is 3.07. The number of hydrogen-bond donors (Lipinski definition) is 3. The lowest BCUT2D eigenvalue weighted by atomic mass is 9.97. The average Bonchev–Trinajstić information content (AvgIpc) is 3.54. The van der Waals surface area contributed by atoms with Crippen molar-refractivity contribution < 1.29 is 39.2 Å². The number of imidazole rings is 2. The monoisotopic (exact) mass is 636 g/mol. The summed E-state index contributed by atoms with van der Waals surface area (Å²) in [5, 5.41) is 29.6. The summed E-state index contributed by atoms with van der Waals surface area (Å²) in [4.78, 5) is 67.7. The van der Waals surface area contributed by atoms with E-state index in [1.807, 2.05) is 12.1 Å². The predicted molar refractivity (Wildman–Crippen MR) is 165 cm³/mol. The van der Waals surface area contributed by atoms with E-state index in [2.05, 4.69) is 19.9 Å². The van der Waals surface area contributed by atoms with E-state index in [9.17, 15) is 34.5 Å². The third-order valence-electron chi connectivity index (χ3n) is 7.47. The summed E-state index contributed by atoms with van der Waals surface area (Å²) in [5.74, 6) is -3.84. The largest absolute Gasteiger partial charge is 0.497 e. The average molecular weight is 637 g/mol. The van der Waals surface area contributed by atoms with Crippen LogP contribution in [0.5, 0.6) is 11.5 Å². The molecular weight excluding hydrogens is 612 g/mol. The van der Waals surface area contributed by atoms with Gasteiger partial charge in [-0.05, 0) is 47.5 Å². The van der Waals surface area contributed by atoms with Crippen molar-refractivity contribution in [2.24, 2.45) is 0 Å². The molecule has 0 spiro atoms. The van der Waals surface area contributed by atoms with Gasteiger partial charge in [0.15, 0.2) is 17.3 Å². The number of carboxylic acids is 3. The normalized spacial score (nSPS) is 11.1. The highest BCUT2D eigenvalue weighted by molar-refractivity contribution is 6.07. The van der Waals surface area contributed by atoms with Crippen molar-refractivity contribution in [1.29, 1.82) is 0 Å². The van der Waals surface area contributed by atoms with Gasteiger partial charge in [-0.25, -0.2) is 34.1 Å². The van der Waals surface area contributed by atoms with E-state index >= 15 is 0 Å². The Hall–Kier alpha value is -6.64. The molecule has 0 saturated carbocycles. The number of aromatic carboxylic acids is 3. The van der Waals surface area contributed by atoms with Crippen LogP contribution in [0.2, 0.25) is 0 Å². The number of carboxylic acid groups (broad SMARTS) is 3. The molecule has 0 bridgehead atoms. The Morgan fingerprint density at radius 3 is 1.83 bits per heavy atom. The highest BCUT2D eigenvalue weighted by Crippen LogP contribution is 2.31. The van der Waals surface area contributed by atoms with Gasteiger partial charge in [0.2, 0.25) is 0 Å². The van der Waals surface area contributed by atoms with Crippen LogP contribution < -0.4 is 15.2 Å². The molecule has 4 aromatic rings. The molecule has 236 valence electrons. The molecule has 0 fully saturated rings. The van der Waals surface area contributed by atoms with E-state index in [1.54, 1.807) is 48.1 Å². The molecule has 15 nitrogen and oxygen atoms in total. The fourth-order valence-corrected chi connectivity index (χ4v) is 5.12. The highest BCUT2D eigenvalue weighted by atomic mass is 16.5. The van der Waals surface area contributed by atoms with Crippen LogP contribution in [0.1, 0.15) is 42.2 Å². The van der Waals surface area contributed by atoms with Gasteiger partial charge in [0.1, 0.15) is 22.7 Å². The summed E-state index contributed by atoms with van der Waals surface area (Å²) in [6.45, 7) is 0.243. The van der Waals surface area contributed by atoms with E-state index in [-0.39, 0.29) is 47.2 Å². The Balaban J connectivity index is 1.63. The SMILES string of the molecule is COc1ccc(Cn2c3nc(-c4cc(C(=O)O)c(C(=O)O)cc4C(=O)O)nc4c(ncn4Cc4ccc(OC)cc4)c-3nc2=O)cc1. The topological polar surface area (TPSA) is 209 Å². The Kier molecular flexibility index (Phi) is 7.78. The number of rotatable bonds is 10. The minimum Gasteiger partial charge on any atom is -0.497 e. The van der Waals surface area contributed by atoms with Crippen LogP contribution in [0.25, 0.3) is 34.1 Å². The van der Waals surface area contributed by atoms with Gasteiger partial charge in [-0.3, -0.25) is 4.57 Å². The van der Waals surface area contributed by atoms with Crippen molar-refractivity contribution >= 4 is 29.1 Å². The molecule has 0 amide bonds. The van der Waals surface area contributed by atoms with Crippen LogP contribution in [0.3, 0.4) is 0 Å². The van der Waals surface area contributed by atoms with Crippen molar-refractivity contribution in [3.8, 4) is 34.4 Å². The fraction of sp³-hybridized carbons (Fsp3) is 0.125. The molecule has 2 aliphatic heterocycles. The lowest BCUT2D eigenvalue weighted by molar-refractivity contribution is 0.0649. The summed E-state index contributed by atoms with van der Waals surface area (Å²) in [6.07, 6.45) is 1.48. The zero-order valence-corrected chi connectivity index (χ0v) is 24.7. The van der Waals surface area contributed by atoms with Gasteiger partial charge in [-0.15, -0.1) is 0 Å². The van der Waals surface area contributed by atoms with Crippen LogP contribution in [-0.2, 0) is 13.1 Å². The molecule has 0 aliphatic carbocycles. The molecular formula is C32H24N6O9. The second-order valence-corrected chi connectivity index (χ2v) is 10.3. The van der Waals surface area contributed by atoms with E-state index in [1.165, 1.54) is 18.0 Å². The maximum atomic E-state index is 13.3. The zero-order valence-electron chi connectivity index (χ0n) is 24.7. The Bertz CT molecular complexity index is 2220. The van der Waals surface area contributed by atoms with Crippen LogP contribution in [0.15, 0.2) is 71.8 Å². The molecule has 47 heavy (non-hydrogen) atoms. The Morgan fingerprint density at radius 2 is 1.28 bits per heavy atom. The first-order valence-corrected chi connectivity index (χ1v) is 13.9. The number of benzene rings is 3. The molecule has 0 atom stereocenters. The molecule has 0 saturated heterocycles. The summed E-state index contributed by atoms with van der Waals surface area (Å²) >= 11 is 0. The second kappa shape index (κ2) is 12.0. The third-order valence-corrected chi connectivity index (χ3v) is 7.47. The standard InChI is InChI=1S/C32H24N6O9/c1-46-18-7-3-16(4-8-18)13-37-15-33-24-25-28(38(32(45)34-25)14-17-5-9-19(47-2)10-6-17)36-26(35-27(24)37)20-11-22(30(41)42)23(31(43)44)12-21(20)29(39)40/h3-12,15H,13-14H2,1-2H3,(H,39,40)(H,41,42)(H,43,44). The van der Waals surface area contributed by atoms with E-state index in [0.717, 1.165) is 17.7 Å². The van der Waals surface area contributed by atoms with Crippen molar-refractivity contribution in [2.75, 3.05) is 14.2 Å². The van der Waals surface area contributed by atoms with Gasteiger partial charge in [-0.1, -0.05) is 24.3 Å². The van der Waals surface area contributed by atoms with Crippen LogP contribution in [0.4, 0.5) is 0 Å². The number of hydrogen-bond acceptors (Lipinski definition) is 10. The second-order valence-electron chi connectivity index (χ2n) is 10.3. The van der Waals surface area contributed by atoms with Crippen LogP contribution in [0, 0.1) is 0 Å². The molecule has 15 heteroatoms. The van der Waals surface area contributed by atoms with Crippen molar-refractivity contribution in [1.82, 2.24) is 29.1 Å². The minimum atomic E-state index is -1.63. The summed E-state index contributed by atoms with van der Waals surface area (Å²) in [6, 6.07) is 15.8. The Morgan fingerprint density at radius 1 is 0.723 bits per heavy atom. The molecule has 3 N–H and O–H groups in total. The van der Waals surface area contributed by atoms with E-state index in [4.69, 9.17) is 9.47 Å². The molecule has 3 aromatic carbocycles. The number of fused-ring (bicyclic) bond motifs is 3. The third kappa shape index (κ3) is 5.68. The van der Waals surface area contributed by atoms with E-state index in [0.29, 0.717) is 17.1 Å². The molecule has 1 aromatic heterocycles. The lowest BCUT2D eigenvalue weighted by Crippen LogP contribution is -2.18. The van der Waals surface area contributed by atoms with Gasteiger partial charge in [0.05, 0.1) is 50.3 Å². The Labute approximate surface area is 264 Å². The van der Waals surface area contributed by atoms with Gasteiger partial charge in [0.25, 0.3) is 0 Å².